The van der Waals surface area contributed by atoms with Crippen LogP contribution in [0, 0.1) is 5.92 Å². The summed E-state index contributed by atoms with van der Waals surface area (Å²) in [5.74, 6) is -1.23. The summed E-state index contributed by atoms with van der Waals surface area (Å²) in [4.78, 5) is 38.8. The molecule has 0 N–H and O–H groups in total. The fourth-order valence-corrected chi connectivity index (χ4v) is 2.82. The van der Waals surface area contributed by atoms with Crippen molar-refractivity contribution in [2.75, 3.05) is 27.4 Å². The molecular weight excluding hydrogens is 422 g/mol. The van der Waals surface area contributed by atoms with E-state index in [-0.39, 0.29) is 43.7 Å². The van der Waals surface area contributed by atoms with E-state index in [0.717, 1.165) is 0 Å². The zero-order valence-electron chi connectivity index (χ0n) is 19.2. The molecule has 0 aromatic heterocycles. The number of carbonyl (C=O) groups excluding carboxylic acids is 3. The van der Waals surface area contributed by atoms with Gasteiger partial charge in [-0.2, -0.15) is 0 Å². The highest BCUT2D eigenvalue weighted by molar-refractivity contribution is 5.71. The number of hydrogen-bond acceptors (Lipinski definition) is 10. The van der Waals surface area contributed by atoms with Crippen LogP contribution < -0.4 is 0 Å². The minimum Gasteiger partial charge on any atom is -0.469 e. The Hall–Kier alpha value is -2.72. The third-order valence-corrected chi connectivity index (χ3v) is 4.50. The van der Waals surface area contributed by atoms with E-state index in [1.807, 2.05) is 13.0 Å². The Kier molecular flexibility index (Phi) is 12.9. The standard InChI is InChI=1S/C22H33NO9/c1-15(7-6-8-22(26)28-5)20(27-4)13-23-30-12-11-18-9-10-19(31-17(3)25)21(32-18)14-29-16(2)24/h6-7,9-10,13,15,18-21H,8,11-12,14H2,1-5H3/t15-,18+,19+,20-,21-/m1/s1. The molecular formula is C22H33NO9. The first-order valence-corrected chi connectivity index (χ1v) is 10.3. The van der Waals surface area contributed by atoms with Gasteiger partial charge in [-0.25, -0.2) is 0 Å². The van der Waals surface area contributed by atoms with E-state index in [0.29, 0.717) is 6.42 Å². The van der Waals surface area contributed by atoms with Crippen LogP contribution >= 0.6 is 0 Å². The molecule has 10 nitrogen and oxygen atoms in total. The van der Waals surface area contributed by atoms with Crippen LogP contribution in [0.1, 0.15) is 33.6 Å². The molecule has 0 bridgehead atoms. The number of hydrogen-bond donors (Lipinski definition) is 0. The number of carbonyl (C=O) groups is 3. The fourth-order valence-electron chi connectivity index (χ4n) is 2.82. The van der Waals surface area contributed by atoms with Gasteiger partial charge in [0.05, 0.1) is 25.8 Å². The van der Waals surface area contributed by atoms with Crippen LogP contribution in [0.3, 0.4) is 0 Å². The largest absolute Gasteiger partial charge is 0.469 e. The van der Waals surface area contributed by atoms with Crippen LogP contribution in [0.5, 0.6) is 0 Å². The van der Waals surface area contributed by atoms with Crippen molar-refractivity contribution >= 4 is 24.1 Å². The zero-order valence-corrected chi connectivity index (χ0v) is 19.2. The maximum absolute atomic E-state index is 11.3. The molecule has 0 saturated carbocycles. The fraction of sp³-hybridized carbons (Fsp3) is 0.636. The van der Waals surface area contributed by atoms with Crippen molar-refractivity contribution in [2.45, 2.75) is 58.0 Å². The summed E-state index contributed by atoms with van der Waals surface area (Å²) in [5.41, 5.74) is 0. The smallest absolute Gasteiger partial charge is 0.309 e. The van der Waals surface area contributed by atoms with Crippen molar-refractivity contribution in [1.29, 1.82) is 0 Å². The van der Waals surface area contributed by atoms with Crippen molar-refractivity contribution in [3.63, 3.8) is 0 Å². The molecule has 1 aliphatic rings. The summed E-state index contributed by atoms with van der Waals surface area (Å²) in [7, 11) is 2.90. The predicted octanol–water partition coefficient (Wildman–Crippen LogP) is 1.97. The zero-order chi connectivity index (χ0) is 23.9. The predicted molar refractivity (Wildman–Crippen MR) is 115 cm³/mol. The number of methoxy groups -OCH3 is 2. The highest BCUT2D eigenvalue weighted by atomic mass is 16.6. The van der Waals surface area contributed by atoms with Gasteiger partial charge in [0.25, 0.3) is 0 Å². The Morgan fingerprint density at radius 1 is 1.16 bits per heavy atom. The van der Waals surface area contributed by atoms with Crippen LogP contribution in [0.25, 0.3) is 0 Å². The average Bonchev–Trinajstić information content (AvgIpc) is 2.75. The lowest BCUT2D eigenvalue weighted by molar-refractivity contribution is -0.164. The quantitative estimate of drug-likeness (QED) is 0.102. The van der Waals surface area contributed by atoms with Crippen LogP contribution in [0.2, 0.25) is 0 Å². The maximum atomic E-state index is 11.3. The highest BCUT2D eigenvalue weighted by Gasteiger charge is 2.30. The van der Waals surface area contributed by atoms with Crippen molar-refractivity contribution in [2.24, 2.45) is 11.1 Å². The molecule has 1 heterocycles. The first kappa shape index (κ1) is 27.3. The van der Waals surface area contributed by atoms with E-state index >= 15 is 0 Å². The second-order valence-corrected chi connectivity index (χ2v) is 7.12. The summed E-state index contributed by atoms with van der Waals surface area (Å²) in [6.07, 6.45) is 7.43. The van der Waals surface area contributed by atoms with Crippen molar-refractivity contribution in [1.82, 2.24) is 0 Å². The number of esters is 3. The first-order chi connectivity index (χ1) is 15.3. The Morgan fingerprint density at radius 3 is 2.53 bits per heavy atom. The molecule has 32 heavy (non-hydrogen) atoms. The Morgan fingerprint density at radius 2 is 1.91 bits per heavy atom. The molecule has 0 aliphatic carbocycles. The van der Waals surface area contributed by atoms with Gasteiger partial charge in [-0.05, 0) is 6.08 Å². The number of rotatable bonds is 13. The molecule has 0 unspecified atom stereocenters. The van der Waals surface area contributed by atoms with Crippen molar-refractivity contribution in [3.8, 4) is 0 Å². The monoisotopic (exact) mass is 455 g/mol. The van der Waals surface area contributed by atoms with Crippen LogP contribution in [0.4, 0.5) is 0 Å². The Bertz CT molecular complexity index is 689. The molecule has 0 saturated heterocycles. The number of oxime groups is 1. The SMILES string of the molecule is COC(=O)CC=C[C@@H](C)[C@@H](C=NOCC[C@@H]1C=C[C@H](OC(C)=O)[C@@H](COC(C)=O)O1)OC. The molecule has 5 atom stereocenters. The highest BCUT2D eigenvalue weighted by Crippen LogP contribution is 2.19. The Labute approximate surface area is 188 Å². The summed E-state index contributed by atoms with van der Waals surface area (Å²) in [6.45, 7) is 4.78. The van der Waals surface area contributed by atoms with Gasteiger partial charge >= 0.3 is 17.9 Å². The van der Waals surface area contributed by atoms with Gasteiger partial charge in [-0.1, -0.05) is 30.3 Å². The molecule has 0 spiro atoms. The molecule has 0 aromatic rings. The normalized spacial score (nSPS) is 22.5. The van der Waals surface area contributed by atoms with Gasteiger partial charge in [-0.3, -0.25) is 14.4 Å². The van der Waals surface area contributed by atoms with Crippen molar-refractivity contribution < 1.29 is 42.9 Å². The van der Waals surface area contributed by atoms with Gasteiger partial charge in [0.15, 0.2) is 0 Å². The van der Waals surface area contributed by atoms with E-state index in [4.69, 9.17) is 23.8 Å². The average molecular weight is 456 g/mol. The van der Waals surface area contributed by atoms with Crippen LogP contribution in [-0.4, -0.2) is 76.0 Å². The molecule has 0 aromatic carbocycles. The lowest BCUT2D eigenvalue weighted by Gasteiger charge is -2.31. The first-order valence-electron chi connectivity index (χ1n) is 10.3. The molecule has 0 fully saturated rings. The topological polar surface area (TPSA) is 119 Å². The van der Waals surface area contributed by atoms with Gasteiger partial charge in [0.2, 0.25) is 0 Å². The molecule has 180 valence electrons. The van der Waals surface area contributed by atoms with E-state index in [9.17, 15) is 14.4 Å². The molecule has 0 amide bonds. The van der Waals surface area contributed by atoms with E-state index in [1.54, 1.807) is 31.6 Å². The lowest BCUT2D eigenvalue weighted by atomic mass is 10.0. The van der Waals surface area contributed by atoms with Crippen LogP contribution in [0.15, 0.2) is 29.5 Å². The minimum atomic E-state index is -0.627. The minimum absolute atomic E-state index is 0.0238. The molecule has 1 rings (SSSR count). The number of nitrogens with zero attached hydrogens (tertiary/aromatic N) is 1. The third-order valence-electron chi connectivity index (χ3n) is 4.50. The van der Waals surface area contributed by atoms with E-state index < -0.39 is 24.1 Å². The van der Waals surface area contributed by atoms with Gasteiger partial charge in [0, 0.05) is 33.3 Å². The van der Waals surface area contributed by atoms with E-state index in [2.05, 4.69) is 9.89 Å². The number of ether oxygens (including phenoxy) is 5. The summed E-state index contributed by atoms with van der Waals surface area (Å²) >= 11 is 0. The molecule has 10 heteroatoms. The lowest BCUT2D eigenvalue weighted by Crippen LogP contribution is -2.41. The Balaban J connectivity index is 2.48. The molecule has 0 radical (unpaired) electrons. The van der Waals surface area contributed by atoms with E-state index in [1.165, 1.54) is 21.0 Å². The second kappa shape index (κ2) is 15.1. The summed E-state index contributed by atoms with van der Waals surface area (Å²) < 4.78 is 26.0. The van der Waals surface area contributed by atoms with Gasteiger partial charge in [-0.15, -0.1) is 0 Å². The maximum Gasteiger partial charge on any atom is 0.309 e. The second-order valence-electron chi connectivity index (χ2n) is 7.12. The third kappa shape index (κ3) is 11.1. The summed E-state index contributed by atoms with van der Waals surface area (Å²) in [6, 6.07) is 0. The van der Waals surface area contributed by atoms with Gasteiger partial charge < -0.3 is 28.5 Å². The van der Waals surface area contributed by atoms with Crippen LogP contribution in [-0.2, 0) is 42.9 Å². The molecule has 1 aliphatic heterocycles. The summed E-state index contributed by atoms with van der Waals surface area (Å²) in [5, 5.41) is 3.95. The van der Waals surface area contributed by atoms with Gasteiger partial charge in [0.1, 0.15) is 31.5 Å². The van der Waals surface area contributed by atoms with Crippen molar-refractivity contribution in [3.05, 3.63) is 24.3 Å².